The molecule has 2 atom stereocenters. The number of aromatic nitrogens is 2. The van der Waals surface area contributed by atoms with E-state index in [1.165, 1.54) is 6.07 Å². The maximum Gasteiger partial charge on any atom is 0.135 e. The van der Waals surface area contributed by atoms with Crippen LogP contribution in [0.3, 0.4) is 0 Å². The SMILES string of the molecule is NC1=NC2CC(c3c(F)cccc31)n1c2nc2ccc(Cl)cc21. The fourth-order valence-electron chi connectivity index (χ4n) is 3.76. The van der Waals surface area contributed by atoms with Gasteiger partial charge in [-0.05, 0) is 24.3 Å². The average Bonchev–Trinajstić information content (AvgIpc) is 3.00. The number of hydrogen-bond donors (Lipinski definition) is 1. The lowest BCUT2D eigenvalue weighted by Crippen LogP contribution is -2.20. The van der Waals surface area contributed by atoms with Crippen LogP contribution < -0.4 is 5.73 Å². The largest absolute Gasteiger partial charge is 0.383 e. The molecule has 114 valence electrons. The van der Waals surface area contributed by atoms with E-state index in [0.717, 1.165) is 16.9 Å². The topological polar surface area (TPSA) is 56.2 Å². The molecule has 0 saturated carbocycles. The van der Waals surface area contributed by atoms with E-state index in [2.05, 4.69) is 14.5 Å². The highest BCUT2D eigenvalue weighted by molar-refractivity contribution is 6.31. The molecule has 2 aromatic carbocycles. The van der Waals surface area contributed by atoms with E-state index in [0.29, 0.717) is 28.4 Å². The van der Waals surface area contributed by atoms with E-state index in [-0.39, 0.29) is 17.9 Å². The van der Waals surface area contributed by atoms with Crippen LogP contribution in [-0.4, -0.2) is 15.4 Å². The van der Waals surface area contributed by atoms with E-state index in [9.17, 15) is 4.39 Å². The van der Waals surface area contributed by atoms with Crippen molar-refractivity contribution in [1.82, 2.24) is 9.55 Å². The minimum Gasteiger partial charge on any atom is -0.383 e. The molecular formula is C17H12ClFN4. The van der Waals surface area contributed by atoms with Crippen molar-refractivity contribution in [3.05, 3.63) is 64.2 Å². The van der Waals surface area contributed by atoms with Gasteiger partial charge in [0.05, 0.1) is 17.1 Å². The van der Waals surface area contributed by atoms with Crippen molar-refractivity contribution >= 4 is 28.5 Å². The zero-order valence-corrected chi connectivity index (χ0v) is 12.8. The maximum atomic E-state index is 14.6. The van der Waals surface area contributed by atoms with Crippen LogP contribution in [-0.2, 0) is 0 Å². The first-order valence-corrected chi connectivity index (χ1v) is 7.80. The predicted octanol–water partition coefficient (Wildman–Crippen LogP) is 3.58. The number of aliphatic imine (C=N–C) groups is 1. The molecule has 2 unspecified atom stereocenters. The second-order valence-corrected chi connectivity index (χ2v) is 6.39. The summed E-state index contributed by atoms with van der Waals surface area (Å²) in [5.74, 6) is 0.940. The number of hydrogen-bond acceptors (Lipinski definition) is 3. The van der Waals surface area contributed by atoms with Gasteiger partial charge in [-0.15, -0.1) is 0 Å². The molecule has 0 fully saturated rings. The highest BCUT2D eigenvalue weighted by atomic mass is 35.5. The van der Waals surface area contributed by atoms with Crippen molar-refractivity contribution in [2.24, 2.45) is 10.7 Å². The zero-order valence-electron chi connectivity index (χ0n) is 12.0. The Morgan fingerprint density at radius 2 is 2.13 bits per heavy atom. The molecule has 0 spiro atoms. The smallest absolute Gasteiger partial charge is 0.135 e. The van der Waals surface area contributed by atoms with Crippen molar-refractivity contribution in [3.8, 4) is 0 Å². The molecule has 2 aliphatic heterocycles. The number of imidazole rings is 1. The fraction of sp³-hybridized carbons (Fsp3) is 0.176. The Morgan fingerprint density at radius 3 is 3.00 bits per heavy atom. The second-order valence-electron chi connectivity index (χ2n) is 5.96. The lowest BCUT2D eigenvalue weighted by atomic mass is 9.97. The first-order chi connectivity index (χ1) is 11.1. The van der Waals surface area contributed by atoms with Gasteiger partial charge in [-0.25, -0.2) is 9.37 Å². The van der Waals surface area contributed by atoms with Crippen LogP contribution in [0.15, 0.2) is 41.4 Å². The van der Waals surface area contributed by atoms with Gasteiger partial charge in [-0.2, -0.15) is 0 Å². The van der Waals surface area contributed by atoms with Crippen molar-refractivity contribution in [2.45, 2.75) is 18.5 Å². The minimum atomic E-state index is -0.261. The Hall–Kier alpha value is -2.40. The molecule has 4 nitrogen and oxygen atoms in total. The standard InChI is InChI=1S/C17H12ClFN4/c18-8-4-5-11-13(6-8)23-14-7-12(17(23)22-11)21-16(20)9-2-1-3-10(19)15(9)14/h1-6,12,14H,7H2,(H2,20,21). The number of fused-ring (bicyclic) bond motifs is 9. The van der Waals surface area contributed by atoms with Crippen LogP contribution in [0.2, 0.25) is 5.02 Å². The van der Waals surface area contributed by atoms with E-state index >= 15 is 0 Å². The molecule has 23 heavy (non-hydrogen) atoms. The molecule has 1 aromatic heterocycles. The van der Waals surface area contributed by atoms with Crippen molar-refractivity contribution in [2.75, 3.05) is 0 Å². The molecule has 0 amide bonds. The quantitative estimate of drug-likeness (QED) is 0.686. The number of amidine groups is 1. The molecule has 3 heterocycles. The Bertz CT molecular complexity index is 1010. The third kappa shape index (κ3) is 1.65. The average molecular weight is 327 g/mol. The molecule has 2 N–H and O–H groups in total. The third-order valence-electron chi connectivity index (χ3n) is 4.69. The fourth-order valence-corrected chi connectivity index (χ4v) is 3.93. The van der Waals surface area contributed by atoms with Gasteiger partial charge >= 0.3 is 0 Å². The van der Waals surface area contributed by atoms with Gasteiger partial charge < -0.3 is 10.3 Å². The van der Waals surface area contributed by atoms with Crippen LogP contribution >= 0.6 is 11.6 Å². The van der Waals surface area contributed by atoms with Crippen molar-refractivity contribution in [1.29, 1.82) is 0 Å². The van der Waals surface area contributed by atoms with Crippen molar-refractivity contribution < 1.29 is 4.39 Å². The molecular weight excluding hydrogens is 315 g/mol. The molecule has 0 aliphatic carbocycles. The van der Waals surface area contributed by atoms with E-state index in [1.807, 2.05) is 24.3 Å². The summed E-state index contributed by atoms with van der Waals surface area (Å²) in [6, 6.07) is 10.2. The molecule has 6 heteroatoms. The normalized spacial score (nSPS) is 21.7. The summed E-state index contributed by atoms with van der Waals surface area (Å²) >= 11 is 6.14. The molecule has 5 rings (SSSR count). The van der Waals surface area contributed by atoms with E-state index < -0.39 is 0 Å². The van der Waals surface area contributed by atoms with Gasteiger partial charge in [0, 0.05) is 22.6 Å². The third-order valence-corrected chi connectivity index (χ3v) is 4.93. The number of nitrogens with two attached hydrogens (primary N) is 1. The van der Waals surface area contributed by atoms with Crippen LogP contribution in [0.5, 0.6) is 0 Å². The molecule has 2 bridgehead atoms. The van der Waals surface area contributed by atoms with Gasteiger partial charge in [0.15, 0.2) is 0 Å². The van der Waals surface area contributed by atoms with Crippen LogP contribution in [0.4, 0.5) is 4.39 Å². The Morgan fingerprint density at radius 1 is 1.26 bits per heavy atom. The van der Waals surface area contributed by atoms with E-state index in [4.69, 9.17) is 17.3 Å². The molecule has 3 aromatic rings. The highest BCUT2D eigenvalue weighted by Gasteiger charge is 2.39. The van der Waals surface area contributed by atoms with E-state index in [1.54, 1.807) is 6.07 Å². The number of rotatable bonds is 0. The first kappa shape index (κ1) is 13.1. The van der Waals surface area contributed by atoms with Gasteiger partial charge in [0.1, 0.15) is 23.5 Å². The minimum absolute atomic E-state index is 0.155. The summed E-state index contributed by atoms with van der Waals surface area (Å²) in [7, 11) is 0. The highest BCUT2D eigenvalue weighted by Crippen LogP contribution is 2.46. The van der Waals surface area contributed by atoms with Crippen LogP contribution in [0.25, 0.3) is 11.0 Å². The Balaban J connectivity index is 1.89. The van der Waals surface area contributed by atoms with Crippen LogP contribution in [0.1, 0.15) is 35.5 Å². The number of halogens is 2. The zero-order chi connectivity index (χ0) is 15.7. The van der Waals surface area contributed by atoms with Gasteiger partial charge in [0.25, 0.3) is 0 Å². The van der Waals surface area contributed by atoms with Crippen LogP contribution in [0, 0.1) is 5.82 Å². The maximum absolute atomic E-state index is 14.6. The first-order valence-electron chi connectivity index (χ1n) is 7.43. The lowest BCUT2D eigenvalue weighted by molar-refractivity contribution is 0.544. The summed E-state index contributed by atoms with van der Waals surface area (Å²) < 4.78 is 16.6. The monoisotopic (exact) mass is 326 g/mol. The number of benzene rings is 2. The Kier molecular flexibility index (Phi) is 2.46. The molecule has 0 saturated heterocycles. The lowest BCUT2D eigenvalue weighted by Gasteiger charge is -2.18. The molecule has 2 aliphatic rings. The second kappa shape index (κ2) is 4.32. The summed E-state index contributed by atoms with van der Waals surface area (Å²) in [4.78, 5) is 9.26. The van der Waals surface area contributed by atoms with Gasteiger partial charge in [-0.3, -0.25) is 4.99 Å². The number of nitrogens with zero attached hydrogens (tertiary/aromatic N) is 3. The van der Waals surface area contributed by atoms with Crippen molar-refractivity contribution in [3.63, 3.8) is 0 Å². The summed E-state index contributed by atoms with van der Waals surface area (Å²) in [5.41, 5.74) is 9.12. The summed E-state index contributed by atoms with van der Waals surface area (Å²) in [6.07, 6.45) is 0.666. The summed E-state index contributed by atoms with van der Waals surface area (Å²) in [6.45, 7) is 0. The predicted molar refractivity (Wildman–Crippen MR) is 87.4 cm³/mol. The van der Waals surface area contributed by atoms with Gasteiger partial charge in [-0.1, -0.05) is 23.7 Å². The Labute approximate surface area is 136 Å². The van der Waals surface area contributed by atoms with Gasteiger partial charge in [0.2, 0.25) is 0 Å². The molecule has 0 radical (unpaired) electrons. The summed E-state index contributed by atoms with van der Waals surface area (Å²) in [5, 5.41) is 0.635.